The summed E-state index contributed by atoms with van der Waals surface area (Å²) < 4.78 is 10.8. The number of methoxy groups -OCH3 is 1. The summed E-state index contributed by atoms with van der Waals surface area (Å²) in [5.41, 5.74) is 1.75. The number of para-hydroxylation sites is 1. The third-order valence-corrected chi connectivity index (χ3v) is 5.12. The van der Waals surface area contributed by atoms with Crippen molar-refractivity contribution in [1.82, 2.24) is 4.98 Å². The van der Waals surface area contributed by atoms with Crippen LogP contribution in [0.15, 0.2) is 54.7 Å². The lowest BCUT2D eigenvalue weighted by Crippen LogP contribution is -2.15. The van der Waals surface area contributed by atoms with Gasteiger partial charge in [0.15, 0.2) is 5.78 Å². The van der Waals surface area contributed by atoms with Crippen molar-refractivity contribution in [2.75, 3.05) is 19.5 Å². The first-order valence-corrected chi connectivity index (χ1v) is 9.22. The fourth-order valence-electron chi connectivity index (χ4n) is 2.63. The van der Waals surface area contributed by atoms with Crippen LogP contribution in [0.4, 0.5) is 0 Å². The second-order valence-electron chi connectivity index (χ2n) is 5.65. The Morgan fingerprint density at radius 3 is 2.60 bits per heavy atom. The molecule has 1 atom stereocenters. The predicted molar refractivity (Wildman–Crippen MR) is 103 cm³/mol. The van der Waals surface area contributed by atoms with Crippen LogP contribution in [0, 0.1) is 0 Å². The van der Waals surface area contributed by atoms with Crippen LogP contribution in [0.2, 0.25) is 0 Å². The van der Waals surface area contributed by atoms with E-state index >= 15 is 0 Å². The molecule has 1 unspecified atom stereocenters. The number of Topliss-reactive ketones (excluding diaryl/α,β-unsaturated/α-hetero) is 1. The van der Waals surface area contributed by atoms with Gasteiger partial charge in [-0.15, -0.1) is 11.8 Å². The summed E-state index contributed by atoms with van der Waals surface area (Å²) in [5, 5.41) is 0.869. The molecule has 1 N–H and O–H groups in total. The molecule has 0 fully saturated rings. The van der Waals surface area contributed by atoms with Gasteiger partial charge in [0.05, 0.1) is 19.0 Å². The highest BCUT2D eigenvalue weighted by Gasteiger charge is 2.18. The molecule has 3 rings (SSSR count). The fourth-order valence-corrected chi connectivity index (χ4v) is 3.44. The van der Waals surface area contributed by atoms with E-state index in [9.17, 15) is 4.79 Å². The number of carbonyl (C=O) groups excluding carboxylic acids is 1. The van der Waals surface area contributed by atoms with Crippen LogP contribution in [0.1, 0.15) is 17.3 Å². The van der Waals surface area contributed by atoms with Gasteiger partial charge in [0.1, 0.15) is 11.5 Å². The van der Waals surface area contributed by atoms with Gasteiger partial charge in [0.25, 0.3) is 0 Å². The number of benzene rings is 2. The van der Waals surface area contributed by atoms with E-state index in [-0.39, 0.29) is 11.0 Å². The Labute approximate surface area is 151 Å². The average Bonchev–Trinajstić information content (AvgIpc) is 3.09. The molecule has 0 aliphatic heterocycles. The smallest absolute Gasteiger partial charge is 0.177 e. The highest BCUT2D eigenvalue weighted by Crippen LogP contribution is 2.23. The zero-order valence-electron chi connectivity index (χ0n) is 14.3. The van der Waals surface area contributed by atoms with E-state index in [1.165, 1.54) is 0 Å². The van der Waals surface area contributed by atoms with Gasteiger partial charge in [0, 0.05) is 28.4 Å². The van der Waals surface area contributed by atoms with Gasteiger partial charge in [-0.3, -0.25) is 4.79 Å². The Morgan fingerprint density at radius 1 is 1.12 bits per heavy atom. The molecule has 1 aromatic heterocycles. The molecule has 1 heterocycles. The minimum Gasteiger partial charge on any atom is -0.497 e. The van der Waals surface area contributed by atoms with Crippen molar-refractivity contribution in [1.29, 1.82) is 0 Å². The highest BCUT2D eigenvalue weighted by atomic mass is 32.2. The fraction of sp³-hybridized carbons (Fsp3) is 0.250. The largest absolute Gasteiger partial charge is 0.497 e. The Balaban J connectivity index is 1.50. The van der Waals surface area contributed by atoms with Crippen molar-refractivity contribution >= 4 is 28.4 Å². The summed E-state index contributed by atoms with van der Waals surface area (Å²) in [6.45, 7) is 2.50. The molecule has 0 radical (unpaired) electrons. The topological polar surface area (TPSA) is 51.3 Å². The molecule has 25 heavy (non-hydrogen) atoms. The van der Waals surface area contributed by atoms with E-state index in [4.69, 9.17) is 9.47 Å². The van der Waals surface area contributed by atoms with Gasteiger partial charge in [-0.2, -0.15) is 0 Å². The number of aromatic nitrogens is 1. The van der Waals surface area contributed by atoms with Gasteiger partial charge in [-0.05, 0) is 37.3 Å². The maximum absolute atomic E-state index is 12.7. The van der Waals surface area contributed by atoms with Crippen molar-refractivity contribution in [3.63, 3.8) is 0 Å². The first-order chi connectivity index (χ1) is 12.2. The lowest BCUT2D eigenvalue weighted by atomic mass is 10.1. The number of hydrogen-bond donors (Lipinski definition) is 1. The zero-order valence-corrected chi connectivity index (χ0v) is 15.1. The van der Waals surface area contributed by atoms with E-state index < -0.39 is 0 Å². The summed E-state index contributed by atoms with van der Waals surface area (Å²) in [6, 6.07) is 15.4. The normalized spacial score (nSPS) is 12.1. The van der Waals surface area contributed by atoms with Crippen molar-refractivity contribution in [3.8, 4) is 11.5 Å². The molecule has 0 spiro atoms. The standard InChI is InChI=1S/C20H21NO3S/c1-14(20(22)18-13-21-19-6-4-3-5-17(18)19)25-12-11-24-16-9-7-15(23-2)8-10-16/h3-10,13-14,21H,11-12H2,1-2H3. The van der Waals surface area contributed by atoms with Crippen LogP contribution in [0.25, 0.3) is 10.9 Å². The number of rotatable bonds is 8. The molecule has 5 heteroatoms. The molecule has 130 valence electrons. The van der Waals surface area contributed by atoms with E-state index in [2.05, 4.69) is 4.98 Å². The third-order valence-electron chi connectivity index (χ3n) is 4.00. The number of ketones is 1. The Hall–Kier alpha value is -2.40. The summed E-state index contributed by atoms with van der Waals surface area (Å²) in [6.07, 6.45) is 1.80. The number of thioether (sulfide) groups is 1. The van der Waals surface area contributed by atoms with Gasteiger partial charge in [-0.25, -0.2) is 0 Å². The molecule has 0 amide bonds. The maximum Gasteiger partial charge on any atom is 0.177 e. The maximum atomic E-state index is 12.7. The quantitative estimate of drug-likeness (QED) is 0.475. The minimum absolute atomic E-state index is 0.112. The van der Waals surface area contributed by atoms with Crippen molar-refractivity contribution in [2.24, 2.45) is 0 Å². The summed E-state index contributed by atoms with van der Waals surface area (Å²) in [7, 11) is 1.64. The Kier molecular flexibility index (Phi) is 5.66. The molecular weight excluding hydrogens is 334 g/mol. The molecule has 0 aliphatic rings. The summed E-state index contributed by atoms with van der Waals surface area (Å²) in [4.78, 5) is 15.8. The lowest BCUT2D eigenvalue weighted by molar-refractivity contribution is 0.0995. The number of fused-ring (bicyclic) bond motifs is 1. The predicted octanol–water partition coefficient (Wildman–Crippen LogP) is 4.56. The monoisotopic (exact) mass is 355 g/mol. The molecule has 0 aliphatic carbocycles. The number of nitrogens with one attached hydrogen (secondary N) is 1. The van der Waals surface area contributed by atoms with Crippen LogP contribution in [-0.4, -0.2) is 35.5 Å². The molecule has 0 saturated carbocycles. The molecule has 0 bridgehead atoms. The number of H-pyrrole nitrogens is 1. The first-order valence-electron chi connectivity index (χ1n) is 8.18. The third kappa shape index (κ3) is 4.17. The second-order valence-corrected chi connectivity index (χ2v) is 7.10. The molecular formula is C20H21NO3S. The van der Waals surface area contributed by atoms with Crippen molar-refractivity contribution in [2.45, 2.75) is 12.2 Å². The van der Waals surface area contributed by atoms with E-state index in [0.29, 0.717) is 6.61 Å². The van der Waals surface area contributed by atoms with Crippen molar-refractivity contribution in [3.05, 3.63) is 60.3 Å². The summed E-state index contributed by atoms with van der Waals surface area (Å²) in [5.74, 6) is 2.50. The van der Waals surface area contributed by atoms with Gasteiger partial charge in [-0.1, -0.05) is 18.2 Å². The summed E-state index contributed by atoms with van der Waals surface area (Å²) >= 11 is 1.61. The first kappa shape index (κ1) is 17.4. The Morgan fingerprint density at radius 2 is 1.84 bits per heavy atom. The lowest BCUT2D eigenvalue weighted by Gasteiger charge is -2.11. The van der Waals surface area contributed by atoms with Crippen LogP contribution in [0.3, 0.4) is 0 Å². The van der Waals surface area contributed by atoms with Gasteiger partial charge >= 0.3 is 0 Å². The number of hydrogen-bond acceptors (Lipinski definition) is 4. The van der Waals surface area contributed by atoms with Crippen LogP contribution in [-0.2, 0) is 0 Å². The van der Waals surface area contributed by atoms with Crippen molar-refractivity contribution < 1.29 is 14.3 Å². The number of ether oxygens (including phenoxy) is 2. The van der Waals surface area contributed by atoms with Crippen LogP contribution in [0.5, 0.6) is 11.5 Å². The molecule has 0 saturated heterocycles. The average molecular weight is 355 g/mol. The van der Waals surface area contributed by atoms with Gasteiger partial charge in [0.2, 0.25) is 0 Å². The van der Waals surface area contributed by atoms with Crippen LogP contribution < -0.4 is 9.47 Å². The van der Waals surface area contributed by atoms with Gasteiger partial charge < -0.3 is 14.5 Å². The van der Waals surface area contributed by atoms with E-state index in [0.717, 1.165) is 33.7 Å². The Bertz CT molecular complexity index is 842. The minimum atomic E-state index is -0.112. The molecule has 2 aromatic carbocycles. The highest BCUT2D eigenvalue weighted by molar-refractivity contribution is 8.00. The second kappa shape index (κ2) is 8.12. The molecule has 3 aromatic rings. The van der Waals surface area contributed by atoms with Crippen LogP contribution >= 0.6 is 11.8 Å². The van der Waals surface area contributed by atoms with E-state index in [1.807, 2.05) is 55.5 Å². The number of carbonyl (C=O) groups is 1. The van der Waals surface area contributed by atoms with E-state index in [1.54, 1.807) is 25.1 Å². The SMILES string of the molecule is COc1ccc(OCCSC(C)C(=O)c2c[nH]c3ccccc23)cc1. The molecule has 4 nitrogen and oxygen atoms in total. The number of aromatic amines is 1. The zero-order chi connectivity index (χ0) is 17.6.